The second-order valence-corrected chi connectivity index (χ2v) is 6.80. The molecule has 2 N–H and O–H groups in total. The molecule has 0 amide bonds. The molecular formula is C18H29N3. The highest BCUT2D eigenvalue weighted by Gasteiger charge is 2.38. The number of nitrogens with zero attached hydrogens (tertiary/aromatic N) is 2. The number of nitrogens with two attached hydrogens (primary N) is 1. The maximum Gasteiger partial charge on any atom is 0.0517 e. The second kappa shape index (κ2) is 6.89. The monoisotopic (exact) mass is 287 g/mol. The van der Waals surface area contributed by atoms with E-state index in [-0.39, 0.29) is 6.04 Å². The largest absolute Gasteiger partial charge is 0.326 e. The molecule has 1 aliphatic carbocycles. The van der Waals surface area contributed by atoms with Crippen LogP contribution < -0.4 is 5.73 Å². The van der Waals surface area contributed by atoms with Crippen molar-refractivity contribution in [2.45, 2.75) is 70.0 Å². The van der Waals surface area contributed by atoms with E-state index in [1.807, 2.05) is 18.5 Å². The molecule has 2 aliphatic rings. The SMILES string of the molecule is CCC(N)C(c1cccnc1)N1CCC[C@H]2CCCC[C@H]21. The summed E-state index contributed by atoms with van der Waals surface area (Å²) in [7, 11) is 0. The predicted octanol–water partition coefficient (Wildman–Crippen LogP) is 3.51. The Balaban J connectivity index is 1.88. The van der Waals surface area contributed by atoms with Crippen molar-refractivity contribution in [3.8, 4) is 0 Å². The van der Waals surface area contributed by atoms with Crippen molar-refractivity contribution in [2.75, 3.05) is 6.54 Å². The molecule has 2 heterocycles. The minimum Gasteiger partial charge on any atom is -0.326 e. The third-order valence-electron chi connectivity index (χ3n) is 5.55. The fraction of sp³-hybridized carbons (Fsp3) is 0.722. The quantitative estimate of drug-likeness (QED) is 0.921. The third-order valence-corrected chi connectivity index (χ3v) is 5.55. The maximum absolute atomic E-state index is 6.53. The van der Waals surface area contributed by atoms with Crippen LogP contribution >= 0.6 is 0 Å². The lowest BCUT2D eigenvalue weighted by molar-refractivity contribution is 0.0153. The van der Waals surface area contributed by atoms with Gasteiger partial charge in [0.2, 0.25) is 0 Å². The lowest BCUT2D eigenvalue weighted by atomic mass is 9.76. The van der Waals surface area contributed by atoms with Gasteiger partial charge in [0.25, 0.3) is 0 Å². The van der Waals surface area contributed by atoms with E-state index in [9.17, 15) is 0 Å². The molecule has 21 heavy (non-hydrogen) atoms. The first-order valence-corrected chi connectivity index (χ1v) is 8.72. The van der Waals surface area contributed by atoms with Gasteiger partial charge in [0, 0.05) is 24.5 Å². The van der Waals surface area contributed by atoms with Gasteiger partial charge in [-0.15, -0.1) is 0 Å². The summed E-state index contributed by atoms with van der Waals surface area (Å²) in [5, 5.41) is 0. The zero-order chi connectivity index (χ0) is 14.7. The molecule has 2 fully saturated rings. The zero-order valence-electron chi connectivity index (χ0n) is 13.2. The van der Waals surface area contributed by atoms with Crippen LogP contribution in [0, 0.1) is 5.92 Å². The van der Waals surface area contributed by atoms with Crippen LogP contribution in [0.1, 0.15) is 63.5 Å². The summed E-state index contributed by atoms with van der Waals surface area (Å²) in [5.74, 6) is 0.899. The molecule has 1 aromatic heterocycles. The van der Waals surface area contributed by atoms with Crippen LogP contribution in [0.3, 0.4) is 0 Å². The second-order valence-electron chi connectivity index (χ2n) is 6.80. The molecule has 3 nitrogen and oxygen atoms in total. The average molecular weight is 287 g/mol. The zero-order valence-corrected chi connectivity index (χ0v) is 13.2. The highest BCUT2D eigenvalue weighted by Crippen LogP contribution is 2.40. The maximum atomic E-state index is 6.53. The Kier molecular flexibility index (Phi) is 4.91. The summed E-state index contributed by atoms with van der Waals surface area (Å²) in [6.07, 6.45) is 13.2. The number of aromatic nitrogens is 1. The van der Waals surface area contributed by atoms with Gasteiger partial charge < -0.3 is 5.73 Å². The van der Waals surface area contributed by atoms with E-state index in [0.29, 0.717) is 6.04 Å². The van der Waals surface area contributed by atoms with Crippen LogP contribution in [-0.2, 0) is 0 Å². The van der Waals surface area contributed by atoms with E-state index < -0.39 is 0 Å². The van der Waals surface area contributed by atoms with Gasteiger partial charge in [-0.1, -0.05) is 25.8 Å². The fourth-order valence-corrected chi connectivity index (χ4v) is 4.47. The summed E-state index contributed by atoms with van der Waals surface area (Å²) >= 11 is 0. The third kappa shape index (κ3) is 3.14. The number of fused-ring (bicyclic) bond motifs is 1. The Morgan fingerprint density at radius 3 is 2.86 bits per heavy atom. The van der Waals surface area contributed by atoms with Crippen molar-refractivity contribution in [3.63, 3.8) is 0 Å². The van der Waals surface area contributed by atoms with Crippen molar-refractivity contribution >= 4 is 0 Å². The number of piperidine rings is 1. The first-order valence-electron chi connectivity index (χ1n) is 8.72. The van der Waals surface area contributed by atoms with Gasteiger partial charge in [-0.25, -0.2) is 0 Å². The minimum absolute atomic E-state index is 0.204. The predicted molar refractivity (Wildman–Crippen MR) is 86.9 cm³/mol. The van der Waals surface area contributed by atoms with Crippen LogP contribution in [0.15, 0.2) is 24.5 Å². The van der Waals surface area contributed by atoms with E-state index in [2.05, 4.69) is 22.9 Å². The summed E-state index contributed by atoms with van der Waals surface area (Å²) < 4.78 is 0. The Morgan fingerprint density at radius 1 is 1.29 bits per heavy atom. The van der Waals surface area contributed by atoms with Gasteiger partial charge >= 0.3 is 0 Å². The minimum atomic E-state index is 0.204. The Morgan fingerprint density at radius 2 is 2.10 bits per heavy atom. The number of rotatable bonds is 4. The molecule has 2 unspecified atom stereocenters. The first-order chi connectivity index (χ1) is 10.3. The molecule has 4 atom stereocenters. The first kappa shape index (κ1) is 15.0. The van der Waals surface area contributed by atoms with Crippen molar-refractivity contribution < 1.29 is 0 Å². The Bertz CT molecular complexity index is 431. The van der Waals surface area contributed by atoms with Crippen molar-refractivity contribution in [3.05, 3.63) is 30.1 Å². The highest BCUT2D eigenvalue weighted by atomic mass is 15.2. The summed E-state index contributed by atoms with van der Waals surface area (Å²) in [4.78, 5) is 7.07. The average Bonchev–Trinajstić information content (AvgIpc) is 2.56. The van der Waals surface area contributed by atoms with Gasteiger partial charge in [0.15, 0.2) is 0 Å². The lowest BCUT2D eigenvalue weighted by Gasteiger charge is -2.49. The molecule has 0 spiro atoms. The molecule has 0 radical (unpaired) electrons. The van der Waals surface area contributed by atoms with E-state index in [1.54, 1.807) is 0 Å². The fourth-order valence-electron chi connectivity index (χ4n) is 4.47. The highest BCUT2D eigenvalue weighted by molar-refractivity contribution is 5.17. The van der Waals surface area contributed by atoms with Gasteiger partial charge in [-0.3, -0.25) is 9.88 Å². The van der Waals surface area contributed by atoms with Gasteiger partial charge in [0.05, 0.1) is 6.04 Å². The molecule has 0 bridgehead atoms. The van der Waals surface area contributed by atoms with E-state index >= 15 is 0 Å². The molecule has 1 aliphatic heterocycles. The van der Waals surface area contributed by atoms with Gasteiger partial charge in [-0.05, 0) is 56.2 Å². The van der Waals surface area contributed by atoms with Gasteiger partial charge in [-0.2, -0.15) is 0 Å². The van der Waals surface area contributed by atoms with Crippen LogP contribution in [0.4, 0.5) is 0 Å². The molecule has 3 rings (SSSR count). The summed E-state index contributed by atoms with van der Waals surface area (Å²) in [6, 6.07) is 5.55. The van der Waals surface area contributed by atoms with Gasteiger partial charge in [0.1, 0.15) is 0 Å². The molecule has 3 heteroatoms. The lowest BCUT2D eigenvalue weighted by Crippen LogP contribution is -2.52. The van der Waals surface area contributed by atoms with E-state index in [1.165, 1.54) is 50.6 Å². The number of pyridine rings is 1. The van der Waals surface area contributed by atoms with Crippen LogP contribution in [0.25, 0.3) is 0 Å². The molecule has 1 saturated heterocycles. The molecule has 0 aromatic carbocycles. The van der Waals surface area contributed by atoms with Crippen molar-refractivity contribution in [1.29, 1.82) is 0 Å². The normalized spacial score (nSPS) is 29.6. The molecule has 1 aromatic rings. The Labute approximate surface area is 128 Å². The summed E-state index contributed by atoms with van der Waals surface area (Å²) in [6.45, 7) is 3.41. The van der Waals surface area contributed by atoms with Crippen LogP contribution in [0.2, 0.25) is 0 Å². The molecular weight excluding hydrogens is 258 g/mol. The van der Waals surface area contributed by atoms with Crippen molar-refractivity contribution in [2.24, 2.45) is 11.7 Å². The van der Waals surface area contributed by atoms with E-state index in [4.69, 9.17) is 5.73 Å². The molecule has 1 saturated carbocycles. The number of likely N-dealkylation sites (tertiary alicyclic amines) is 1. The number of hydrogen-bond acceptors (Lipinski definition) is 3. The molecule has 116 valence electrons. The number of hydrogen-bond donors (Lipinski definition) is 1. The summed E-state index contributed by atoms with van der Waals surface area (Å²) in [5.41, 5.74) is 7.84. The van der Waals surface area contributed by atoms with E-state index in [0.717, 1.165) is 18.4 Å². The topological polar surface area (TPSA) is 42.1 Å². The van der Waals surface area contributed by atoms with Crippen LogP contribution in [0.5, 0.6) is 0 Å². The standard InChI is InChI=1S/C18H29N3/c1-2-16(19)18(15-8-5-11-20-13-15)21-12-6-9-14-7-3-4-10-17(14)21/h5,8,11,13-14,16-18H,2-4,6-7,9-10,12,19H2,1H3/t14-,16?,17-,18?/m1/s1. The van der Waals surface area contributed by atoms with Crippen LogP contribution in [-0.4, -0.2) is 28.5 Å². The van der Waals surface area contributed by atoms with Crippen molar-refractivity contribution in [1.82, 2.24) is 9.88 Å². The smallest absolute Gasteiger partial charge is 0.0517 e. The Hall–Kier alpha value is -0.930.